The third kappa shape index (κ3) is 3.82. The van der Waals surface area contributed by atoms with Crippen molar-refractivity contribution in [2.75, 3.05) is 4.90 Å². The van der Waals surface area contributed by atoms with Crippen molar-refractivity contribution in [3.8, 4) is 11.6 Å². The van der Waals surface area contributed by atoms with E-state index in [4.69, 9.17) is 16.3 Å². The molecular formula is C21H16ClN3O3. The highest BCUT2D eigenvalue weighted by molar-refractivity contribution is 6.30. The molecule has 1 fully saturated rings. The van der Waals surface area contributed by atoms with Gasteiger partial charge in [0.05, 0.1) is 11.9 Å². The maximum Gasteiger partial charge on any atom is 0.329 e. The van der Waals surface area contributed by atoms with E-state index in [9.17, 15) is 9.59 Å². The lowest BCUT2D eigenvalue weighted by atomic mass is 10.1. The van der Waals surface area contributed by atoms with Crippen LogP contribution in [0.25, 0.3) is 0 Å². The normalized spacial score (nSPS) is 16.2. The van der Waals surface area contributed by atoms with Crippen LogP contribution in [0.15, 0.2) is 72.9 Å². The predicted molar refractivity (Wildman–Crippen MR) is 106 cm³/mol. The fourth-order valence-electron chi connectivity index (χ4n) is 2.95. The highest BCUT2D eigenvalue weighted by atomic mass is 35.5. The lowest BCUT2D eigenvalue weighted by Gasteiger charge is -2.13. The first-order valence-corrected chi connectivity index (χ1v) is 9.06. The van der Waals surface area contributed by atoms with E-state index in [0.29, 0.717) is 28.8 Å². The largest absolute Gasteiger partial charge is 0.439 e. The highest BCUT2D eigenvalue weighted by Gasteiger charge is 2.39. The zero-order chi connectivity index (χ0) is 19.5. The first-order chi connectivity index (χ1) is 13.6. The summed E-state index contributed by atoms with van der Waals surface area (Å²) in [5.74, 6) is 0.628. The number of urea groups is 1. The maximum atomic E-state index is 12.7. The number of nitrogens with one attached hydrogen (secondary N) is 1. The third-order valence-corrected chi connectivity index (χ3v) is 4.57. The van der Waals surface area contributed by atoms with Crippen molar-refractivity contribution in [1.29, 1.82) is 0 Å². The van der Waals surface area contributed by atoms with Crippen LogP contribution in [-0.2, 0) is 11.2 Å². The van der Waals surface area contributed by atoms with Crippen LogP contribution in [0.4, 0.5) is 10.5 Å². The second kappa shape index (κ2) is 7.70. The number of ether oxygens (including phenoxy) is 1. The number of amides is 3. The van der Waals surface area contributed by atoms with E-state index in [0.717, 1.165) is 10.5 Å². The molecular weight excluding hydrogens is 378 g/mol. The fraction of sp³-hybridized carbons (Fsp3) is 0.0952. The molecule has 1 aliphatic rings. The van der Waals surface area contributed by atoms with E-state index in [2.05, 4.69) is 10.3 Å². The summed E-state index contributed by atoms with van der Waals surface area (Å²) < 4.78 is 5.63. The van der Waals surface area contributed by atoms with Gasteiger partial charge in [0.15, 0.2) is 0 Å². The van der Waals surface area contributed by atoms with E-state index in [1.54, 1.807) is 36.4 Å². The monoisotopic (exact) mass is 393 g/mol. The molecule has 3 amide bonds. The summed E-state index contributed by atoms with van der Waals surface area (Å²) in [6, 6.07) is 18.6. The third-order valence-electron chi connectivity index (χ3n) is 4.32. The van der Waals surface area contributed by atoms with Gasteiger partial charge in [0.2, 0.25) is 5.88 Å². The molecule has 2 heterocycles. The number of carbonyl (C=O) groups excluding carboxylic acids is 2. The molecule has 1 unspecified atom stereocenters. The van der Waals surface area contributed by atoms with Crippen molar-refractivity contribution < 1.29 is 14.3 Å². The lowest BCUT2D eigenvalue weighted by molar-refractivity contribution is -0.118. The van der Waals surface area contributed by atoms with Gasteiger partial charge in [-0.2, -0.15) is 0 Å². The SMILES string of the molecule is O=C1NC(Cc2ccccc2)C(=O)N1c1ccc(Oc2ccc(Cl)cc2)nc1. The summed E-state index contributed by atoms with van der Waals surface area (Å²) >= 11 is 5.85. The van der Waals surface area contributed by atoms with Crippen LogP contribution < -0.4 is 15.0 Å². The van der Waals surface area contributed by atoms with Crippen molar-refractivity contribution in [3.05, 3.63) is 83.5 Å². The number of carbonyl (C=O) groups is 2. The standard InChI is InChI=1S/C21H16ClN3O3/c22-15-6-9-17(10-7-15)28-19-11-8-16(13-23-19)25-20(26)18(24-21(25)27)12-14-4-2-1-3-5-14/h1-11,13,18H,12H2,(H,24,27). The van der Waals surface area contributed by atoms with E-state index in [-0.39, 0.29) is 5.91 Å². The van der Waals surface area contributed by atoms with Gasteiger partial charge in [-0.05, 0) is 35.9 Å². The van der Waals surface area contributed by atoms with Gasteiger partial charge in [-0.25, -0.2) is 14.7 Å². The second-order valence-electron chi connectivity index (χ2n) is 6.28. The zero-order valence-corrected chi connectivity index (χ0v) is 15.5. The molecule has 1 aromatic heterocycles. The Bertz CT molecular complexity index is 992. The predicted octanol–water partition coefficient (Wildman–Crippen LogP) is 4.19. The van der Waals surface area contributed by atoms with Gasteiger partial charge in [-0.1, -0.05) is 41.9 Å². The lowest BCUT2D eigenvalue weighted by Crippen LogP contribution is -2.32. The molecule has 0 bridgehead atoms. The van der Waals surface area contributed by atoms with Gasteiger partial charge in [-0.3, -0.25) is 4.79 Å². The fourth-order valence-corrected chi connectivity index (χ4v) is 3.08. The van der Waals surface area contributed by atoms with Crippen LogP contribution in [0.5, 0.6) is 11.6 Å². The van der Waals surface area contributed by atoms with Crippen LogP contribution in [0.2, 0.25) is 5.02 Å². The Morgan fingerprint density at radius 1 is 1.00 bits per heavy atom. The maximum absolute atomic E-state index is 12.7. The smallest absolute Gasteiger partial charge is 0.329 e. The van der Waals surface area contributed by atoms with Crippen LogP contribution in [0.1, 0.15) is 5.56 Å². The van der Waals surface area contributed by atoms with Gasteiger partial charge < -0.3 is 10.1 Å². The van der Waals surface area contributed by atoms with E-state index < -0.39 is 12.1 Å². The summed E-state index contributed by atoms with van der Waals surface area (Å²) in [6.07, 6.45) is 1.88. The Labute approximate surface area is 166 Å². The van der Waals surface area contributed by atoms with Crippen molar-refractivity contribution in [1.82, 2.24) is 10.3 Å². The first-order valence-electron chi connectivity index (χ1n) is 8.68. The number of benzene rings is 2. The van der Waals surface area contributed by atoms with Gasteiger partial charge >= 0.3 is 6.03 Å². The number of nitrogens with zero attached hydrogens (tertiary/aromatic N) is 2. The molecule has 1 N–H and O–H groups in total. The Morgan fingerprint density at radius 3 is 2.43 bits per heavy atom. The van der Waals surface area contributed by atoms with Crippen molar-refractivity contribution >= 4 is 29.2 Å². The molecule has 1 atom stereocenters. The number of hydrogen-bond acceptors (Lipinski definition) is 4. The van der Waals surface area contributed by atoms with Crippen LogP contribution in [0, 0.1) is 0 Å². The summed E-state index contributed by atoms with van der Waals surface area (Å²) in [6.45, 7) is 0. The highest BCUT2D eigenvalue weighted by Crippen LogP contribution is 2.25. The van der Waals surface area contributed by atoms with Crippen LogP contribution in [-0.4, -0.2) is 23.0 Å². The van der Waals surface area contributed by atoms with Gasteiger partial charge in [-0.15, -0.1) is 0 Å². The van der Waals surface area contributed by atoms with Crippen molar-refractivity contribution in [3.63, 3.8) is 0 Å². The Kier molecular flexibility index (Phi) is 4.95. The van der Waals surface area contributed by atoms with Gasteiger partial charge in [0, 0.05) is 17.5 Å². The molecule has 6 nitrogen and oxygen atoms in total. The minimum Gasteiger partial charge on any atom is -0.439 e. The molecule has 2 aromatic carbocycles. The Balaban J connectivity index is 1.46. The average Bonchev–Trinajstić information content (AvgIpc) is 2.98. The minimum atomic E-state index is -0.597. The quantitative estimate of drug-likeness (QED) is 0.659. The van der Waals surface area contributed by atoms with Crippen molar-refractivity contribution in [2.24, 2.45) is 0 Å². The molecule has 7 heteroatoms. The summed E-state index contributed by atoms with van der Waals surface area (Å²) in [4.78, 5) is 30.3. The molecule has 0 saturated carbocycles. The number of imide groups is 1. The zero-order valence-electron chi connectivity index (χ0n) is 14.7. The first kappa shape index (κ1) is 18.0. The van der Waals surface area contributed by atoms with Crippen LogP contribution in [0.3, 0.4) is 0 Å². The number of halogens is 1. The minimum absolute atomic E-state index is 0.304. The Hall–Kier alpha value is -3.38. The Morgan fingerprint density at radius 2 is 1.75 bits per heavy atom. The molecule has 1 saturated heterocycles. The molecule has 0 spiro atoms. The van der Waals surface area contributed by atoms with Gasteiger partial charge in [0.25, 0.3) is 5.91 Å². The number of anilines is 1. The molecule has 28 heavy (non-hydrogen) atoms. The number of hydrogen-bond donors (Lipinski definition) is 1. The molecule has 140 valence electrons. The molecule has 0 aliphatic carbocycles. The van der Waals surface area contributed by atoms with E-state index in [1.165, 1.54) is 6.20 Å². The molecule has 3 aromatic rings. The summed E-state index contributed by atoms with van der Waals surface area (Å²) in [7, 11) is 0. The molecule has 0 radical (unpaired) electrons. The molecule has 4 rings (SSSR count). The van der Waals surface area contributed by atoms with E-state index >= 15 is 0 Å². The van der Waals surface area contributed by atoms with E-state index in [1.807, 2.05) is 30.3 Å². The average molecular weight is 394 g/mol. The van der Waals surface area contributed by atoms with Crippen molar-refractivity contribution in [2.45, 2.75) is 12.5 Å². The molecule has 1 aliphatic heterocycles. The van der Waals surface area contributed by atoms with Crippen LogP contribution >= 0.6 is 11.6 Å². The summed E-state index contributed by atoms with van der Waals surface area (Å²) in [5, 5.41) is 3.34. The van der Waals surface area contributed by atoms with Gasteiger partial charge in [0.1, 0.15) is 11.8 Å². The second-order valence-corrected chi connectivity index (χ2v) is 6.71. The summed E-state index contributed by atoms with van der Waals surface area (Å²) in [5.41, 5.74) is 1.37. The number of rotatable bonds is 5. The number of pyridine rings is 1. The topological polar surface area (TPSA) is 71.5 Å². The number of aromatic nitrogens is 1.